The lowest BCUT2D eigenvalue weighted by molar-refractivity contribution is 0.224. The molecule has 2 aromatic rings. The van der Waals surface area contributed by atoms with Crippen LogP contribution >= 0.6 is 0 Å². The molecular weight excluding hydrogens is 213 g/mol. The van der Waals surface area contributed by atoms with Gasteiger partial charge in [0.2, 0.25) is 5.89 Å². The van der Waals surface area contributed by atoms with Crippen LogP contribution in [0.1, 0.15) is 12.5 Å². The van der Waals surface area contributed by atoms with E-state index in [1.165, 1.54) is 6.26 Å². The third-order valence-electron chi connectivity index (χ3n) is 2.62. The average Bonchev–Trinajstić information content (AvgIpc) is 2.80. The molecule has 3 nitrogen and oxygen atoms in total. The highest BCUT2D eigenvalue weighted by Gasteiger charge is 2.24. The van der Waals surface area contributed by atoms with E-state index >= 15 is 0 Å². The Morgan fingerprint density at radius 3 is 3.00 bits per heavy atom. The molecule has 17 heavy (non-hydrogen) atoms. The minimum Gasteiger partial charge on any atom is -0.492 e. The number of rotatable bonds is 1. The first-order valence-electron chi connectivity index (χ1n) is 5.36. The van der Waals surface area contributed by atoms with Crippen LogP contribution < -0.4 is 4.74 Å². The maximum absolute atomic E-state index is 5.95. The topological polar surface area (TPSA) is 35.3 Å². The Labute approximate surface area is 101 Å². The minimum absolute atomic E-state index is 0.535. The van der Waals surface area contributed by atoms with Crippen molar-refractivity contribution >= 4 is 13.9 Å². The fraction of sp³-hybridized carbons (Fsp3) is 0.154. The number of para-hydroxylation sites is 1. The second-order valence-corrected chi connectivity index (χ2v) is 4.18. The molecule has 0 bridgehead atoms. The summed E-state index contributed by atoms with van der Waals surface area (Å²) < 4.78 is 11.1. The second-order valence-electron chi connectivity index (χ2n) is 4.18. The molecule has 1 aliphatic heterocycles. The molecule has 1 aromatic carbocycles. The Hall–Kier alpha value is -1.97. The van der Waals surface area contributed by atoms with Gasteiger partial charge in [-0.25, -0.2) is 4.98 Å². The van der Waals surface area contributed by atoms with E-state index in [0.29, 0.717) is 11.6 Å². The van der Waals surface area contributed by atoms with Gasteiger partial charge < -0.3 is 9.15 Å². The highest BCUT2D eigenvalue weighted by atomic mass is 16.5. The van der Waals surface area contributed by atoms with Crippen molar-refractivity contribution in [3.05, 3.63) is 42.3 Å². The van der Waals surface area contributed by atoms with Crippen molar-refractivity contribution in [2.75, 3.05) is 0 Å². The molecule has 0 saturated carbocycles. The largest absolute Gasteiger partial charge is 0.492 e. The van der Waals surface area contributed by atoms with Gasteiger partial charge in [0, 0.05) is 5.56 Å². The molecule has 2 heterocycles. The summed E-state index contributed by atoms with van der Waals surface area (Å²) in [6.07, 6.45) is 6.92. The standard InChI is InChI=1S/C13H10BNO2/c1-13(14)6-5-9-3-2-4-10(11(9)17-13)12-15-7-8-16-12/h2-8H,1H3. The summed E-state index contributed by atoms with van der Waals surface area (Å²) in [5.41, 5.74) is 0.993. The molecule has 0 N–H and O–H groups in total. The lowest BCUT2D eigenvalue weighted by Gasteiger charge is -2.29. The van der Waals surface area contributed by atoms with Crippen molar-refractivity contribution in [1.29, 1.82) is 0 Å². The number of fused-ring (bicyclic) bond motifs is 1. The lowest BCUT2D eigenvalue weighted by Crippen LogP contribution is -2.32. The van der Waals surface area contributed by atoms with Gasteiger partial charge in [0.05, 0.1) is 17.3 Å². The molecule has 0 amide bonds. The zero-order valence-corrected chi connectivity index (χ0v) is 9.38. The van der Waals surface area contributed by atoms with Crippen molar-refractivity contribution < 1.29 is 9.15 Å². The number of ether oxygens (including phenoxy) is 1. The van der Waals surface area contributed by atoms with Gasteiger partial charge in [0.1, 0.15) is 19.9 Å². The van der Waals surface area contributed by atoms with Crippen LogP contribution in [0.15, 0.2) is 41.2 Å². The fourth-order valence-corrected chi connectivity index (χ4v) is 1.83. The summed E-state index contributed by atoms with van der Waals surface area (Å²) in [4.78, 5) is 4.13. The van der Waals surface area contributed by atoms with Gasteiger partial charge in [-0.1, -0.05) is 24.3 Å². The Balaban J connectivity index is 2.18. The fourth-order valence-electron chi connectivity index (χ4n) is 1.83. The first-order valence-corrected chi connectivity index (χ1v) is 5.36. The smallest absolute Gasteiger partial charge is 0.229 e. The molecule has 1 unspecified atom stereocenters. The van der Waals surface area contributed by atoms with Crippen LogP contribution in [0.25, 0.3) is 17.5 Å². The molecule has 3 rings (SSSR count). The molecule has 0 fully saturated rings. The summed E-state index contributed by atoms with van der Waals surface area (Å²) in [5, 5.41) is 0. The average molecular weight is 223 g/mol. The lowest BCUT2D eigenvalue weighted by atomic mass is 9.81. The van der Waals surface area contributed by atoms with Gasteiger partial charge in [0.25, 0.3) is 0 Å². The Kier molecular flexibility index (Phi) is 2.11. The quantitative estimate of drug-likeness (QED) is 0.697. The van der Waals surface area contributed by atoms with Gasteiger partial charge in [-0.15, -0.1) is 0 Å². The molecule has 82 valence electrons. The number of aromatic nitrogens is 1. The van der Waals surface area contributed by atoms with Crippen LogP contribution in [-0.4, -0.2) is 18.3 Å². The van der Waals surface area contributed by atoms with E-state index in [0.717, 1.165) is 11.1 Å². The second kappa shape index (κ2) is 3.52. The molecule has 2 radical (unpaired) electrons. The number of hydrogen-bond acceptors (Lipinski definition) is 3. The number of hydrogen-bond donors (Lipinski definition) is 0. The van der Waals surface area contributed by atoms with Crippen molar-refractivity contribution in [3.8, 4) is 17.2 Å². The van der Waals surface area contributed by atoms with Crippen molar-refractivity contribution in [2.24, 2.45) is 0 Å². The van der Waals surface area contributed by atoms with Crippen LogP contribution in [0.5, 0.6) is 5.75 Å². The summed E-state index contributed by atoms with van der Waals surface area (Å²) in [7, 11) is 5.95. The molecule has 4 heteroatoms. The predicted molar refractivity (Wildman–Crippen MR) is 65.8 cm³/mol. The monoisotopic (exact) mass is 223 g/mol. The van der Waals surface area contributed by atoms with E-state index in [1.54, 1.807) is 13.1 Å². The highest BCUT2D eigenvalue weighted by Crippen LogP contribution is 2.37. The molecule has 0 aliphatic carbocycles. The number of oxazole rings is 1. The van der Waals surface area contributed by atoms with Gasteiger partial charge in [-0.3, -0.25) is 0 Å². The van der Waals surface area contributed by atoms with Gasteiger partial charge in [-0.2, -0.15) is 0 Å². The number of benzene rings is 1. The van der Waals surface area contributed by atoms with E-state index < -0.39 is 5.50 Å². The highest BCUT2D eigenvalue weighted by molar-refractivity contribution is 6.16. The van der Waals surface area contributed by atoms with Gasteiger partial charge in [0.15, 0.2) is 0 Å². The zero-order valence-electron chi connectivity index (χ0n) is 9.38. The summed E-state index contributed by atoms with van der Waals surface area (Å²) >= 11 is 0. The summed E-state index contributed by atoms with van der Waals surface area (Å²) in [6, 6.07) is 5.80. The van der Waals surface area contributed by atoms with E-state index in [9.17, 15) is 0 Å². The van der Waals surface area contributed by atoms with Crippen molar-refractivity contribution in [1.82, 2.24) is 4.98 Å². The predicted octanol–water partition coefficient (Wildman–Crippen LogP) is 2.63. The van der Waals surface area contributed by atoms with Crippen LogP contribution in [-0.2, 0) is 0 Å². The third-order valence-corrected chi connectivity index (χ3v) is 2.62. The van der Waals surface area contributed by atoms with E-state index in [-0.39, 0.29) is 0 Å². The molecule has 1 atom stereocenters. The molecule has 1 aromatic heterocycles. The van der Waals surface area contributed by atoms with Crippen LogP contribution in [0, 0.1) is 0 Å². The van der Waals surface area contributed by atoms with E-state index in [4.69, 9.17) is 17.0 Å². The molecular formula is C13H10BNO2. The molecule has 0 saturated heterocycles. The zero-order chi connectivity index (χ0) is 11.9. The Bertz CT molecular complexity index is 573. The maximum atomic E-state index is 5.95. The molecule has 0 spiro atoms. The maximum Gasteiger partial charge on any atom is 0.229 e. The normalized spacial score (nSPS) is 21.9. The minimum atomic E-state index is -0.796. The van der Waals surface area contributed by atoms with E-state index in [1.807, 2.05) is 30.4 Å². The van der Waals surface area contributed by atoms with Crippen LogP contribution in [0.4, 0.5) is 0 Å². The van der Waals surface area contributed by atoms with E-state index in [2.05, 4.69) is 4.98 Å². The summed E-state index contributed by atoms with van der Waals surface area (Å²) in [5.74, 6) is 1.25. The van der Waals surface area contributed by atoms with Gasteiger partial charge in [-0.05, 0) is 13.0 Å². The van der Waals surface area contributed by atoms with Crippen molar-refractivity contribution in [2.45, 2.75) is 12.4 Å². The van der Waals surface area contributed by atoms with Crippen LogP contribution in [0.2, 0.25) is 0 Å². The van der Waals surface area contributed by atoms with Gasteiger partial charge >= 0.3 is 0 Å². The Morgan fingerprint density at radius 2 is 2.24 bits per heavy atom. The third kappa shape index (κ3) is 1.75. The first kappa shape index (κ1) is 10.2. The van der Waals surface area contributed by atoms with Crippen molar-refractivity contribution in [3.63, 3.8) is 0 Å². The molecule has 1 aliphatic rings. The SMILES string of the molecule is [B]C1(C)C=Cc2cccc(-c3ncco3)c2O1. The first-order chi connectivity index (χ1) is 8.16. The number of nitrogens with zero attached hydrogens (tertiary/aromatic N) is 1. The Morgan fingerprint density at radius 1 is 1.35 bits per heavy atom. The summed E-state index contributed by atoms with van der Waals surface area (Å²) in [6.45, 7) is 1.80. The van der Waals surface area contributed by atoms with Crippen LogP contribution in [0.3, 0.4) is 0 Å².